The molecule has 9 rings (SSSR count). The maximum atomic E-state index is 14.6. The molecule has 7 aromatic rings. The summed E-state index contributed by atoms with van der Waals surface area (Å²) in [7, 11) is 3.24. The van der Waals surface area contributed by atoms with Crippen LogP contribution in [0, 0.1) is 12.3 Å². The van der Waals surface area contributed by atoms with Crippen LogP contribution in [0.5, 0.6) is 11.5 Å². The van der Waals surface area contributed by atoms with Gasteiger partial charge in [-0.25, -0.2) is 9.59 Å². The Hall–Kier alpha value is -7.69. The van der Waals surface area contributed by atoms with Crippen LogP contribution < -0.4 is 42.2 Å². The van der Waals surface area contributed by atoms with Crippen molar-refractivity contribution in [3.63, 3.8) is 0 Å². The van der Waals surface area contributed by atoms with E-state index in [9.17, 15) is 28.8 Å². The van der Waals surface area contributed by atoms with Crippen molar-refractivity contribution in [3.8, 4) is 11.5 Å². The van der Waals surface area contributed by atoms with E-state index in [1.807, 2.05) is 56.5 Å². The van der Waals surface area contributed by atoms with Crippen LogP contribution in [0.25, 0.3) is 31.9 Å². The monoisotopic (exact) mass is 1130 g/mol. The fourth-order valence-corrected chi connectivity index (χ4v) is 11.8. The average Bonchev–Trinajstić information content (AvgIpc) is 4.42. The lowest BCUT2D eigenvalue weighted by Gasteiger charge is -2.33. The average molecular weight is 1130 g/mol. The first-order valence-corrected chi connectivity index (χ1v) is 28.0. The van der Waals surface area contributed by atoms with Gasteiger partial charge in [-0.2, -0.15) is 0 Å². The van der Waals surface area contributed by atoms with Crippen molar-refractivity contribution >= 4 is 108 Å². The number of H-pyrrole nitrogens is 2. The third-order valence-corrected chi connectivity index (χ3v) is 16.1. The molecule has 1 fully saturated rings. The minimum atomic E-state index is -0.891. The first-order chi connectivity index (χ1) is 38.2. The summed E-state index contributed by atoms with van der Waals surface area (Å²) in [5.74, 6) is -0.613. The minimum absolute atomic E-state index is 0.0326. The van der Waals surface area contributed by atoms with Gasteiger partial charge in [-0.05, 0) is 128 Å². The van der Waals surface area contributed by atoms with E-state index in [1.54, 1.807) is 67.5 Å². The molecule has 10 N–H and O–H groups in total. The van der Waals surface area contributed by atoms with Crippen molar-refractivity contribution in [2.45, 2.75) is 71.1 Å². The molecular weight excluding hydrogens is 1060 g/mol. The van der Waals surface area contributed by atoms with Crippen LogP contribution in [-0.2, 0) is 20.9 Å². The van der Waals surface area contributed by atoms with E-state index < -0.39 is 41.5 Å². The van der Waals surface area contributed by atoms with Gasteiger partial charge in [0.2, 0.25) is 11.8 Å². The first-order valence-electron chi connectivity index (χ1n) is 26.6. The maximum absolute atomic E-state index is 14.6. The quantitative estimate of drug-likeness (QED) is 0.0334. The van der Waals surface area contributed by atoms with Crippen molar-refractivity contribution < 1.29 is 43.0 Å². The van der Waals surface area contributed by atoms with E-state index >= 15 is 0 Å². The van der Waals surface area contributed by atoms with E-state index in [1.165, 1.54) is 34.0 Å². The number of aromatic nitrogens is 2. The second-order valence-electron chi connectivity index (χ2n) is 21.6. The minimum Gasteiger partial charge on any atom is -0.492 e. The number of amides is 6. The van der Waals surface area contributed by atoms with Gasteiger partial charge in [0, 0.05) is 102 Å². The van der Waals surface area contributed by atoms with Crippen LogP contribution in [-0.4, -0.2) is 138 Å². The van der Waals surface area contributed by atoms with Crippen LogP contribution in [0.3, 0.4) is 0 Å². The summed E-state index contributed by atoms with van der Waals surface area (Å²) in [5.41, 5.74) is 22.6. The summed E-state index contributed by atoms with van der Waals surface area (Å²) in [4.78, 5) is 92.5. The number of nitrogens with two attached hydrogens (primary N) is 3. The van der Waals surface area contributed by atoms with E-state index in [0.717, 1.165) is 62.9 Å². The topological polar surface area (TPSA) is 277 Å². The summed E-state index contributed by atoms with van der Waals surface area (Å²) in [5, 5.41) is 10.2. The SMILES string of the molecule is Cc1csc2c(OC(=O)N(C)CC(C)(C)CN(C)C(=O)OCc3ccc(NC(=O)[C@@H](N)CCC(N)C(N)=O)cc3)cc3c(c12)[C@H](CCl)CN3C(=O)c1cc2cc(NC(=O)c3cc4cc(OCCN5CCCC5)ccc4[nH]3)ccc2[nH]1. The number of nitrogens with zero attached hydrogens (tertiary/aromatic N) is 4. The lowest BCUT2D eigenvalue weighted by atomic mass is 9.92. The molecule has 1 saturated heterocycles. The Labute approximate surface area is 472 Å². The number of alkyl halides is 1. The molecular formula is C58H68ClN11O9S. The van der Waals surface area contributed by atoms with Gasteiger partial charge in [0.1, 0.15) is 30.4 Å². The Bertz CT molecular complexity index is 3460. The summed E-state index contributed by atoms with van der Waals surface area (Å²) in [6, 6.07) is 21.4. The smallest absolute Gasteiger partial charge is 0.415 e. The Morgan fingerprint density at radius 1 is 0.825 bits per heavy atom. The molecule has 0 spiro atoms. The van der Waals surface area contributed by atoms with E-state index in [4.69, 9.17) is 43.0 Å². The van der Waals surface area contributed by atoms with E-state index in [-0.39, 0.29) is 56.2 Å². The third kappa shape index (κ3) is 13.1. The zero-order valence-corrected chi connectivity index (χ0v) is 47.1. The summed E-state index contributed by atoms with van der Waals surface area (Å²) >= 11 is 8.09. The lowest BCUT2D eigenvalue weighted by Crippen LogP contribution is -2.44. The summed E-state index contributed by atoms with van der Waals surface area (Å²) in [6.45, 7) is 10.3. The molecule has 22 heteroatoms. The molecule has 422 valence electrons. The predicted molar refractivity (Wildman–Crippen MR) is 312 cm³/mol. The van der Waals surface area contributed by atoms with Gasteiger partial charge in [-0.15, -0.1) is 22.9 Å². The Morgan fingerprint density at radius 3 is 2.19 bits per heavy atom. The predicted octanol–water partition coefficient (Wildman–Crippen LogP) is 8.47. The van der Waals surface area contributed by atoms with Crippen molar-refractivity contribution in [2.24, 2.45) is 22.6 Å². The number of carbonyl (C=O) groups excluding carboxylic acids is 6. The molecule has 20 nitrogen and oxygen atoms in total. The zero-order valence-electron chi connectivity index (χ0n) is 45.5. The molecule has 0 aliphatic carbocycles. The number of nitrogens with one attached hydrogen (secondary N) is 4. The number of benzene rings is 4. The van der Waals surface area contributed by atoms with Gasteiger partial charge in [-0.1, -0.05) is 26.0 Å². The number of halogens is 1. The van der Waals surface area contributed by atoms with E-state index in [0.29, 0.717) is 58.4 Å². The van der Waals surface area contributed by atoms with Crippen molar-refractivity contribution in [3.05, 3.63) is 112 Å². The van der Waals surface area contributed by atoms with Crippen molar-refractivity contribution in [2.75, 3.05) is 81.4 Å². The standard InChI is InChI=1S/C58H68ClN11O9S/c1-33-30-80-51-48(79-57(76)68(5)32-58(2,3)31-67(4)56(75)78-29-34-8-10-38(11-9-34)63-53(72)42(61)15-14-41(60)52(62)71)26-47-50(49(33)51)37(27-59)28-70(47)55(74)46-25-35-22-39(12-16-43(35)66-46)64-54(73)45-24-36-23-40(13-17-44(36)65-45)77-21-20-69-18-6-7-19-69/h8-13,16-17,22-26,30,37,41-42,65-66H,6-7,14-15,18-21,27-29,31-32,60-61H2,1-5H3,(H2,62,71)(H,63,72)(H,64,73)/t37-,41?,42+/m1/s1. The Balaban J connectivity index is 0.807. The van der Waals surface area contributed by atoms with E-state index in [2.05, 4.69) is 25.5 Å². The highest BCUT2D eigenvalue weighted by Crippen LogP contribution is 2.49. The second-order valence-corrected chi connectivity index (χ2v) is 22.8. The maximum Gasteiger partial charge on any atom is 0.415 e. The highest BCUT2D eigenvalue weighted by atomic mass is 35.5. The first kappa shape index (κ1) is 57.0. The van der Waals surface area contributed by atoms with Gasteiger partial charge >= 0.3 is 12.2 Å². The molecule has 1 unspecified atom stereocenters. The number of primary amides is 1. The normalized spacial score (nSPS) is 15.2. The number of aryl methyl sites for hydroxylation is 1. The number of likely N-dealkylation sites (tertiary alicyclic amines) is 1. The lowest BCUT2D eigenvalue weighted by molar-refractivity contribution is -0.120. The fraction of sp³-hybridized carbons (Fsp3) is 0.379. The number of ether oxygens (including phenoxy) is 3. The van der Waals surface area contributed by atoms with Gasteiger partial charge in [0.05, 0.1) is 22.5 Å². The number of fused-ring (bicyclic) bond motifs is 5. The molecule has 3 aromatic heterocycles. The van der Waals surface area contributed by atoms with Crippen LogP contribution in [0.1, 0.15) is 83.1 Å². The molecule has 4 aromatic carbocycles. The van der Waals surface area contributed by atoms with Crippen LogP contribution >= 0.6 is 22.9 Å². The molecule has 5 heterocycles. The number of thiophene rings is 1. The molecule has 80 heavy (non-hydrogen) atoms. The number of anilines is 3. The zero-order chi connectivity index (χ0) is 57.0. The van der Waals surface area contributed by atoms with Crippen LogP contribution in [0.4, 0.5) is 26.7 Å². The summed E-state index contributed by atoms with van der Waals surface area (Å²) in [6.07, 6.45) is 1.62. The second kappa shape index (κ2) is 24.4. The number of hydrogen-bond acceptors (Lipinski definition) is 13. The number of hydrogen-bond donors (Lipinski definition) is 7. The third-order valence-electron chi connectivity index (χ3n) is 14.6. The van der Waals surface area contributed by atoms with Crippen molar-refractivity contribution in [1.82, 2.24) is 24.7 Å². The highest BCUT2D eigenvalue weighted by Gasteiger charge is 2.37. The summed E-state index contributed by atoms with van der Waals surface area (Å²) < 4.78 is 18.6. The van der Waals surface area contributed by atoms with Gasteiger partial charge in [0.15, 0.2) is 5.75 Å². The highest BCUT2D eigenvalue weighted by molar-refractivity contribution is 7.17. The molecule has 3 atom stereocenters. The molecule has 0 radical (unpaired) electrons. The molecule has 2 aliphatic heterocycles. The molecule has 6 amide bonds. The largest absolute Gasteiger partial charge is 0.492 e. The van der Waals surface area contributed by atoms with Gasteiger partial charge < -0.3 is 66.7 Å². The molecule has 0 bridgehead atoms. The van der Waals surface area contributed by atoms with Crippen LogP contribution in [0.15, 0.2) is 84.2 Å². The molecule has 0 saturated carbocycles. The molecule has 2 aliphatic rings. The number of aromatic amines is 2. The Morgan fingerprint density at radius 2 is 1.48 bits per heavy atom. The van der Waals surface area contributed by atoms with Crippen molar-refractivity contribution in [1.29, 1.82) is 0 Å². The number of carbonyl (C=O) groups is 6. The van der Waals surface area contributed by atoms with Gasteiger partial charge in [-0.3, -0.25) is 24.1 Å². The van der Waals surface area contributed by atoms with Crippen LogP contribution in [0.2, 0.25) is 0 Å². The van der Waals surface area contributed by atoms with Gasteiger partial charge in [0.25, 0.3) is 11.8 Å². The fourth-order valence-electron chi connectivity index (χ4n) is 10.5. The Kier molecular flexibility index (Phi) is 17.4. The number of rotatable bonds is 21.